The van der Waals surface area contributed by atoms with Gasteiger partial charge in [-0.2, -0.15) is 0 Å². The summed E-state index contributed by atoms with van der Waals surface area (Å²) in [6, 6.07) is 8.48. The molecule has 2 aromatic rings. The van der Waals surface area contributed by atoms with Crippen LogP contribution >= 0.6 is 0 Å². The van der Waals surface area contributed by atoms with Crippen LogP contribution in [0.5, 0.6) is 0 Å². The first-order valence-corrected chi connectivity index (χ1v) is 7.54. The van der Waals surface area contributed by atoms with Gasteiger partial charge in [-0.1, -0.05) is 24.3 Å². The third-order valence-corrected chi connectivity index (χ3v) is 4.34. The Morgan fingerprint density at radius 3 is 2.85 bits per heavy atom. The standard InChI is InChI=1S/C17H23N3/c1-20-8-6-14(7-9-20)10-18-12-16-13-19-11-15-4-2-3-5-17(15)16/h2-5,11,13-14,18H,6-10,12H2,1H3. The van der Waals surface area contributed by atoms with E-state index in [9.17, 15) is 0 Å². The summed E-state index contributed by atoms with van der Waals surface area (Å²) >= 11 is 0. The maximum Gasteiger partial charge on any atom is 0.0346 e. The zero-order valence-electron chi connectivity index (χ0n) is 12.2. The lowest BCUT2D eigenvalue weighted by Gasteiger charge is -2.29. The first kappa shape index (κ1) is 13.5. The van der Waals surface area contributed by atoms with Gasteiger partial charge >= 0.3 is 0 Å². The zero-order chi connectivity index (χ0) is 13.8. The average Bonchev–Trinajstić information content (AvgIpc) is 2.49. The molecule has 1 aliphatic heterocycles. The van der Waals surface area contributed by atoms with Gasteiger partial charge in [-0.3, -0.25) is 4.98 Å². The quantitative estimate of drug-likeness (QED) is 0.925. The summed E-state index contributed by atoms with van der Waals surface area (Å²) in [6.45, 7) is 4.52. The lowest BCUT2D eigenvalue weighted by Crippen LogP contribution is -2.34. The van der Waals surface area contributed by atoms with E-state index in [-0.39, 0.29) is 0 Å². The molecule has 0 saturated carbocycles. The van der Waals surface area contributed by atoms with Crippen molar-refractivity contribution in [1.82, 2.24) is 15.2 Å². The summed E-state index contributed by atoms with van der Waals surface area (Å²) in [6.07, 6.45) is 6.56. The van der Waals surface area contributed by atoms with Crippen LogP contribution in [0.4, 0.5) is 0 Å². The minimum Gasteiger partial charge on any atom is -0.312 e. The number of piperidine rings is 1. The normalized spacial score (nSPS) is 17.6. The maximum absolute atomic E-state index is 4.34. The van der Waals surface area contributed by atoms with E-state index in [0.29, 0.717) is 0 Å². The van der Waals surface area contributed by atoms with Gasteiger partial charge in [-0.25, -0.2) is 0 Å². The summed E-state index contributed by atoms with van der Waals surface area (Å²) in [4.78, 5) is 6.76. The number of pyridine rings is 1. The van der Waals surface area contributed by atoms with Crippen LogP contribution in [0.15, 0.2) is 36.7 Å². The van der Waals surface area contributed by atoms with E-state index in [1.54, 1.807) is 0 Å². The molecule has 1 aromatic heterocycles. The number of nitrogens with one attached hydrogen (secondary N) is 1. The summed E-state index contributed by atoms with van der Waals surface area (Å²) < 4.78 is 0. The molecule has 1 aromatic carbocycles. The summed E-state index contributed by atoms with van der Waals surface area (Å²) in [7, 11) is 2.21. The van der Waals surface area contributed by atoms with E-state index >= 15 is 0 Å². The second kappa shape index (κ2) is 6.33. The molecule has 1 aliphatic rings. The van der Waals surface area contributed by atoms with Crippen molar-refractivity contribution in [3.8, 4) is 0 Å². The first-order valence-electron chi connectivity index (χ1n) is 7.54. The Kier molecular flexibility index (Phi) is 4.28. The summed E-state index contributed by atoms with van der Waals surface area (Å²) in [5, 5.41) is 6.17. The van der Waals surface area contributed by atoms with Gasteiger partial charge < -0.3 is 10.2 Å². The summed E-state index contributed by atoms with van der Waals surface area (Å²) in [5.74, 6) is 0.828. The van der Waals surface area contributed by atoms with Crippen molar-refractivity contribution in [2.45, 2.75) is 19.4 Å². The molecule has 20 heavy (non-hydrogen) atoms. The van der Waals surface area contributed by atoms with Crippen LogP contribution in [-0.2, 0) is 6.54 Å². The van der Waals surface area contributed by atoms with Crippen molar-refractivity contribution in [1.29, 1.82) is 0 Å². The Labute approximate surface area is 121 Å². The van der Waals surface area contributed by atoms with E-state index in [0.717, 1.165) is 19.0 Å². The molecule has 0 radical (unpaired) electrons. The Balaban J connectivity index is 1.57. The molecule has 3 nitrogen and oxygen atoms in total. The molecule has 1 saturated heterocycles. The molecule has 0 unspecified atom stereocenters. The van der Waals surface area contributed by atoms with Crippen molar-refractivity contribution < 1.29 is 0 Å². The highest BCUT2D eigenvalue weighted by molar-refractivity contribution is 5.84. The van der Waals surface area contributed by atoms with Crippen LogP contribution in [0, 0.1) is 5.92 Å². The monoisotopic (exact) mass is 269 g/mol. The first-order chi connectivity index (χ1) is 9.83. The van der Waals surface area contributed by atoms with Crippen LogP contribution in [0.2, 0.25) is 0 Å². The third kappa shape index (κ3) is 3.17. The molecule has 2 heterocycles. The highest BCUT2D eigenvalue weighted by atomic mass is 15.1. The number of rotatable bonds is 4. The van der Waals surface area contributed by atoms with Crippen molar-refractivity contribution in [2.24, 2.45) is 5.92 Å². The minimum absolute atomic E-state index is 0.828. The molecule has 0 spiro atoms. The molecule has 0 atom stereocenters. The Bertz CT molecular complexity index is 554. The SMILES string of the molecule is CN1CCC(CNCc2cncc3ccccc23)CC1. The fourth-order valence-electron chi connectivity index (χ4n) is 3.00. The number of aromatic nitrogens is 1. The molecule has 106 valence electrons. The number of hydrogen-bond acceptors (Lipinski definition) is 3. The second-order valence-corrected chi connectivity index (χ2v) is 5.90. The number of likely N-dealkylation sites (tertiary alicyclic amines) is 1. The van der Waals surface area contributed by atoms with Gasteiger partial charge in [0.1, 0.15) is 0 Å². The van der Waals surface area contributed by atoms with Crippen LogP contribution in [0.1, 0.15) is 18.4 Å². The van der Waals surface area contributed by atoms with Crippen molar-refractivity contribution >= 4 is 10.8 Å². The van der Waals surface area contributed by atoms with Crippen molar-refractivity contribution in [3.63, 3.8) is 0 Å². The lowest BCUT2D eigenvalue weighted by atomic mass is 9.97. The van der Waals surface area contributed by atoms with Gasteiger partial charge in [-0.15, -0.1) is 0 Å². The predicted octanol–water partition coefficient (Wildman–Crippen LogP) is 2.67. The fourth-order valence-corrected chi connectivity index (χ4v) is 3.00. The van der Waals surface area contributed by atoms with E-state index in [1.165, 1.54) is 42.3 Å². The lowest BCUT2D eigenvalue weighted by molar-refractivity contribution is 0.216. The smallest absolute Gasteiger partial charge is 0.0346 e. The van der Waals surface area contributed by atoms with Gasteiger partial charge in [0, 0.05) is 24.3 Å². The van der Waals surface area contributed by atoms with E-state index in [2.05, 4.69) is 46.5 Å². The molecule has 0 bridgehead atoms. The van der Waals surface area contributed by atoms with Crippen LogP contribution in [0.3, 0.4) is 0 Å². The van der Waals surface area contributed by atoms with E-state index < -0.39 is 0 Å². The molecule has 3 heteroatoms. The zero-order valence-corrected chi connectivity index (χ0v) is 12.2. The third-order valence-electron chi connectivity index (χ3n) is 4.34. The molecule has 0 aliphatic carbocycles. The van der Waals surface area contributed by atoms with Gasteiger partial charge in [0.2, 0.25) is 0 Å². The largest absolute Gasteiger partial charge is 0.312 e. The Morgan fingerprint density at radius 2 is 2.00 bits per heavy atom. The van der Waals surface area contributed by atoms with Crippen molar-refractivity contribution in [2.75, 3.05) is 26.7 Å². The van der Waals surface area contributed by atoms with Crippen LogP contribution in [-0.4, -0.2) is 36.6 Å². The van der Waals surface area contributed by atoms with Gasteiger partial charge in [0.25, 0.3) is 0 Å². The molecule has 1 fully saturated rings. The molecule has 3 rings (SSSR count). The average molecular weight is 269 g/mol. The van der Waals surface area contributed by atoms with Crippen LogP contribution in [0.25, 0.3) is 10.8 Å². The van der Waals surface area contributed by atoms with Crippen LogP contribution < -0.4 is 5.32 Å². The molecule has 1 N–H and O–H groups in total. The maximum atomic E-state index is 4.34. The highest BCUT2D eigenvalue weighted by Gasteiger charge is 2.15. The number of fused-ring (bicyclic) bond motifs is 1. The number of nitrogens with zero attached hydrogens (tertiary/aromatic N) is 2. The molecular formula is C17H23N3. The highest BCUT2D eigenvalue weighted by Crippen LogP contribution is 2.18. The Morgan fingerprint density at radius 1 is 1.20 bits per heavy atom. The minimum atomic E-state index is 0.828. The van der Waals surface area contributed by atoms with Gasteiger partial charge in [0.05, 0.1) is 0 Å². The van der Waals surface area contributed by atoms with Crippen molar-refractivity contribution in [3.05, 3.63) is 42.2 Å². The van der Waals surface area contributed by atoms with E-state index in [1.807, 2.05) is 12.4 Å². The number of benzene rings is 1. The van der Waals surface area contributed by atoms with Gasteiger partial charge in [-0.05, 0) is 56.4 Å². The molecular weight excluding hydrogens is 246 g/mol. The topological polar surface area (TPSA) is 28.2 Å². The van der Waals surface area contributed by atoms with E-state index in [4.69, 9.17) is 0 Å². The molecule has 0 amide bonds. The van der Waals surface area contributed by atoms with Gasteiger partial charge in [0.15, 0.2) is 0 Å². The predicted molar refractivity (Wildman–Crippen MR) is 83.7 cm³/mol. The second-order valence-electron chi connectivity index (χ2n) is 5.90. The summed E-state index contributed by atoms with van der Waals surface area (Å²) in [5.41, 5.74) is 1.30. The number of hydrogen-bond donors (Lipinski definition) is 1. The fraction of sp³-hybridized carbons (Fsp3) is 0.471. The Hall–Kier alpha value is -1.45.